The first-order valence-electron chi connectivity index (χ1n) is 46.7. The molecule has 0 radical (unpaired) electrons. The van der Waals surface area contributed by atoms with E-state index in [9.17, 15) is 24.6 Å². The van der Waals surface area contributed by atoms with E-state index in [-0.39, 0.29) is 233 Å². The maximum absolute atomic E-state index is 16.1. The zero-order chi connectivity index (χ0) is 104. The Labute approximate surface area is 829 Å². The highest BCUT2D eigenvalue weighted by molar-refractivity contribution is 8.76. The van der Waals surface area contributed by atoms with E-state index >= 15 is 57.5 Å². The molecular formula is C89H140N34O17S2. The molecule has 4 aromatic rings. The molecule has 2 heterocycles. The number of rotatable bonds is 46. The lowest BCUT2D eigenvalue weighted by molar-refractivity contribution is -0.142. The maximum atomic E-state index is 16.1. The predicted molar refractivity (Wildman–Crippen MR) is 539 cm³/mol. The van der Waals surface area contributed by atoms with Gasteiger partial charge in [-0.3, -0.25) is 92.1 Å². The third-order valence-electron chi connectivity index (χ3n) is 22.7. The average molecular weight is 2020 g/mol. The molecule has 142 heavy (non-hydrogen) atoms. The molecule has 45 N–H and O–H groups in total. The van der Waals surface area contributed by atoms with Gasteiger partial charge in [-0.2, -0.15) is 0 Å². The number of hydrogen-bond acceptors (Lipinski definition) is 27. The summed E-state index contributed by atoms with van der Waals surface area (Å²) in [6.07, 6.45) is -0.748. The minimum Gasteiger partial charge on any atom is -0.508 e. The van der Waals surface area contributed by atoms with Crippen molar-refractivity contribution in [2.75, 3.05) is 70.4 Å². The lowest BCUT2D eigenvalue weighted by Gasteiger charge is -2.31. The molecule has 0 aliphatic carbocycles. The van der Waals surface area contributed by atoms with E-state index in [1.54, 1.807) is 36.4 Å². The number of nitrogens with two attached hydrogens (primary N) is 15. The van der Waals surface area contributed by atoms with Gasteiger partial charge >= 0.3 is 6.03 Å². The molecule has 4 aromatic carbocycles. The van der Waals surface area contributed by atoms with Crippen molar-refractivity contribution in [3.8, 4) is 11.5 Å². The summed E-state index contributed by atoms with van der Waals surface area (Å²) in [6.45, 7) is -0.234. The zero-order valence-corrected chi connectivity index (χ0v) is 80.9. The van der Waals surface area contributed by atoms with Crippen molar-refractivity contribution in [2.24, 2.45) is 111 Å². The second-order valence-corrected chi connectivity index (χ2v) is 36.5. The van der Waals surface area contributed by atoms with Gasteiger partial charge in [0.15, 0.2) is 29.8 Å². The zero-order valence-electron chi connectivity index (χ0n) is 79.3. The second-order valence-electron chi connectivity index (χ2n) is 34.0. The number of fused-ring (bicyclic) bond motifs is 2. The topological polar surface area (TPSA) is 908 Å². The van der Waals surface area contributed by atoms with Crippen LogP contribution in [0.1, 0.15) is 151 Å². The Hall–Kier alpha value is -14.5. The van der Waals surface area contributed by atoms with Gasteiger partial charge in [-0.1, -0.05) is 82.3 Å². The van der Waals surface area contributed by atoms with Crippen LogP contribution in [0.25, 0.3) is 10.8 Å². The van der Waals surface area contributed by atoms with E-state index in [4.69, 9.17) is 86.0 Å². The molecule has 51 nitrogen and oxygen atoms in total. The number of carbonyl (C=O) groups is 15. The van der Waals surface area contributed by atoms with Crippen LogP contribution in [-0.4, -0.2) is 283 Å². The number of nitrogens with zero attached hydrogens (tertiary/aromatic N) is 6. The van der Waals surface area contributed by atoms with Crippen LogP contribution >= 0.6 is 21.6 Å². The van der Waals surface area contributed by atoms with Crippen LogP contribution in [0.5, 0.6) is 11.5 Å². The van der Waals surface area contributed by atoms with Gasteiger partial charge in [-0.15, -0.1) is 0 Å². The molecule has 0 spiro atoms. The summed E-state index contributed by atoms with van der Waals surface area (Å²) < 4.78 is 0. The first-order chi connectivity index (χ1) is 67.7. The van der Waals surface area contributed by atoms with Crippen LogP contribution in [-0.2, 0) is 80.0 Å². The van der Waals surface area contributed by atoms with Gasteiger partial charge in [-0.05, 0) is 199 Å². The Balaban J connectivity index is 1.62. The molecule has 16 amide bonds. The molecule has 0 bridgehead atoms. The highest BCUT2D eigenvalue weighted by Crippen LogP contribution is 2.28. The largest absolute Gasteiger partial charge is 0.508 e. The Kier molecular flexibility index (Phi) is 50.6. The number of hydrogen-bond donors (Lipinski definition) is 30. The molecule has 2 aliphatic heterocycles. The summed E-state index contributed by atoms with van der Waals surface area (Å²) in [5.41, 5.74) is 87.0. The minimum absolute atomic E-state index is 0.0217. The highest BCUT2D eigenvalue weighted by atomic mass is 33.1. The van der Waals surface area contributed by atoms with Crippen LogP contribution < -0.4 is 155 Å². The first-order valence-corrected chi connectivity index (χ1v) is 49.2. The number of amides is 16. The number of guanidine groups is 5. The fourth-order valence-corrected chi connectivity index (χ4v) is 17.5. The molecule has 14 atom stereocenters. The molecule has 2 fully saturated rings. The van der Waals surface area contributed by atoms with Crippen LogP contribution in [0.4, 0.5) is 4.79 Å². The number of carbonyl (C=O) groups excluding carboxylic acids is 15. The van der Waals surface area contributed by atoms with Gasteiger partial charge in [0.25, 0.3) is 0 Å². The van der Waals surface area contributed by atoms with Gasteiger partial charge in [0.2, 0.25) is 82.7 Å². The van der Waals surface area contributed by atoms with E-state index in [2.05, 4.69) is 94.1 Å². The lowest BCUT2D eigenvalue weighted by atomic mass is 10.00. The van der Waals surface area contributed by atoms with Crippen LogP contribution in [0.3, 0.4) is 0 Å². The molecule has 53 heteroatoms. The molecule has 0 saturated carbocycles. The molecule has 2 saturated heterocycles. The molecule has 0 aromatic heterocycles. The predicted octanol–water partition coefficient (Wildman–Crippen LogP) is -7.60. The number of phenolic OH excluding ortho intramolecular Hbond substituents is 2. The third kappa shape index (κ3) is 42.3. The quantitative estimate of drug-likeness (QED) is 0.00846. The summed E-state index contributed by atoms with van der Waals surface area (Å²) in [5, 5.41) is 57.2. The standard InChI is InChI=1S/C89H140N34O17S2/c90-35-5-3-17-58-74(130)117-63(18-4-6-36-91)83(139)123-43-13-24-68(123)81(137)119-65(45-50-27-33-55(125)34-28-50)78(134)116-60(21-10-40-108-87(100)101)73(129)114-61(23-12-42-110-89(104)140)75(131)120-66(79(135)111-57(70(93)126)19-8-38-106-85(96)97)47-141-142-48-67(80(136)118-64(44-49-25-31-54(124)32-26-49)77(133)115-59(72(128)113-58)20-9-39-107-86(98)99)121-82(138)69(53-30-29-51-14-1-2-15-52(51)46-53)122-76(132)62(22-11-41-109-88(102)103)112-71(127)56(92)16-7-37-105-84(94)95/h1-2,14-15,25-34,46,56-69,124-125H,3-13,16-24,35-45,47-48,90-92H2,(H2,93,126)(H,111,135)(H,112,127)(H,113,128)(H,114,129)(H,115,133)(H,116,134)(H,117,130)(H,118,136)(H,119,137)(H,120,131)(H,121,138)(H,122,132)(H4,94,95,105)(H4,96,97,106)(H4,98,99,107)(H4,100,101,108)(H4,102,103,109)(H3,104,110,140)/t56-,57-,58+,59-,60-,61-,62-,63-,64+,65-,66+,67+,68+,69-/m0/s1. The number of aromatic hydroxyl groups is 2. The van der Waals surface area contributed by atoms with Crippen molar-refractivity contribution in [1.29, 1.82) is 0 Å². The number of nitrogens with one attached hydrogen (secondary N) is 13. The van der Waals surface area contributed by atoms with Crippen LogP contribution in [0, 0.1) is 0 Å². The summed E-state index contributed by atoms with van der Waals surface area (Å²) >= 11 is 0. The van der Waals surface area contributed by atoms with E-state index in [1.807, 2.05) is 0 Å². The van der Waals surface area contributed by atoms with E-state index < -0.39 is 191 Å². The van der Waals surface area contributed by atoms with Gasteiger partial charge in [-0.25, -0.2) is 4.79 Å². The summed E-state index contributed by atoms with van der Waals surface area (Å²) in [5.74, 6) is -17.0. The first kappa shape index (κ1) is 116. The fourth-order valence-electron chi connectivity index (χ4n) is 15.2. The number of phenols is 2. The molecular weight excluding hydrogens is 1880 g/mol. The Morgan fingerprint density at radius 2 is 0.845 bits per heavy atom. The summed E-state index contributed by atoms with van der Waals surface area (Å²) in [7, 11) is 1.53. The second kappa shape index (κ2) is 61.9. The Morgan fingerprint density at radius 3 is 1.33 bits per heavy atom. The van der Waals surface area contributed by atoms with Crippen molar-refractivity contribution in [2.45, 2.75) is 226 Å². The SMILES string of the molecule is NCCCC[C@@H]1NC(=O)[C@@H](CCCCN)NC(=O)[C@H](CCCN=C(N)N)NC(=O)[C@@H](Cc2ccc(O)cc2)NC(=O)[C@H](NC(=O)[C@@H](NC(=O)[C@H](CCCN=C(N)N)NC(=O)[C@@H](N)CCCN=C(N)N)c2ccc3ccccc3c2)CSSC[C@H](C(=O)N[C@@H](CCCN=C(N)N)C(N)=O)NC(=O)[C@H](CCCNC(N)=O)NC(=O)[C@H](CCCN=C(N)N)NC(=O)[C@H](Cc2ccc(O)cc2)NC(=O)[C@H]2CCCN2C1=O. The van der Waals surface area contributed by atoms with Crippen molar-refractivity contribution in [3.63, 3.8) is 0 Å². The van der Waals surface area contributed by atoms with Gasteiger partial charge in [0.05, 0.1) is 6.04 Å². The van der Waals surface area contributed by atoms with Gasteiger partial charge in [0, 0.05) is 70.2 Å². The fraction of sp³-hybridized carbons (Fsp3) is 0.528. The number of benzene rings is 4. The minimum atomic E-state index is -1.90. The smallest absolute Gasteiger partial charge is 0.312 e. The van der Waals surface area contributed by atoms with Crippen molar-refractivity contribution >= 4 is 151 Å². The maximum Gasteiger partial charge on any atom is 0.312 e. The van der Waals surface area contributed by atoms with Crippen molar-refractivity contribution in [1.82, 2.24) is 74.0 Å². The van der Waals surface area contributed by atoms with Gasteiger partial charge in [0.1, 0.15) is 90.0 Å². The molecule has 6 rings (SSSR count). The van der Waals surface area contributed by atoms with E-state index in [0.29, 0.717) is 29.2 Å². The average Bonchev–Trinajstić information content (AvgIpc) is 1.32. The monoisotopic (exact) mass is 2020 g/mol. The molecule has 780 valence electrons. The normalized spacial score (nSPS) is 20.3. The number of unbranched alkanes of at least 4 members (excludes halogenated alkanes) is 2. The molecule has 2 aliphatic rings. The lowest BCUT2D eigenvalue weighted by Crippen LogP contribution is -2.61. The van der Waals surface area contributed by atoms with Crippen molar-refractivity contribution in [3.05, 3.63) is 108 Å². The van der Waals surface area contributed by atoms with Crippen molar-refractivity contribution < 1.29 is 82.1 Å². The molecule has 0 unspecified atom stereocenters. The number of primary amides is 2. The van der Waals surface area contributed by atoms with Gasteiger partial charge < -0.3 is 170 Å². The number of aliphatic imine (C=N–C) groups is 5. The third-order valence-corrected chi connectivity index (χ3v) is 25.1. The Morgan fingerprint density at radius 1 is 0.423 bits per heavy atom. The van der Waals surface area contributed by atoms with Crippen LogP contribution in [0.2, 0.25) is 0 Å². The summed E-state index contributed by atoms with van der Waals surface area (Å²) in [6, 6.07) is -0.754. The highest BCUT2D eigenvalue weighted by Gasteiger charge is 2.43. The Bertz CT molecular complexity index is 5020. The van der Waals surface area contributed by atoms with E-state index in [0.717, 1.165) is 21.6 Å². The van der Waals surface area contributed by atoms with Crippen LogP contribution in [0.15, 0.2) is 116 Å². The number of urea groups is 1. The van der Waals surface area contributed by atoms with E-state index in [1.165, 1.54) is 59.5 Å². The summed E-state index contributed by atoms with van der Waals surface area (Å²) in [4.78, 5) is 246.